The SMILES string of the molecule is CC/C=C\C[C@H](O)/C=C/C=C\C/C=C\C=C\[C@H](O)/C=C\CCCC(=O)O[C@H](COC(=O)CCCCCCCCCCCCC(C)CC)COP(=O)(O)OC[C@@H](O)COP(=O)(O)O. The molecule has 0 rings (SSSR count). The summed E-state index contributed by atoms with van der Waals surface area (Å²) in [6.45, 7) is 3.66. The zero-order valence-electron chi connectivity index (χ0n) is 37.3. The minimum Gasteiger partial charge on any atom is -0.462 e. The Morgan fingerprint density at radius 1 is 0.613 bits per heavy atom. The van der Waals surface area contributed by atoms with Gasteiger partial charge in [0.15, 0.2) is 6.10 Å². The molecule has 0 aromatic carbocycles. The highest BCUT2D eigenvalue weighted by Crippen LogP contribution is 2.43. The Morgan fingerprint density at radius 3 is 1.82 bits per heavy atom. The van der Waals surface area contributed by atoms with Gasteiger partial charge in [-0.1, -0.05) is 164 Å². The Labute approximate surface area is 370 Å². The first-order valence-corrected chi connectivity index (χ1v) is 25.3. The minimum atomic E-state index is -4.89. The molecule has 2 unspecified atom stereocenters. The highest BCUT2D eigenvalue weighted by Gasteiger charge is 2.28. The van der Waals surface area contributed by atoms with Crippen LogP contribution in [0.2, 0.25) is 0 Å². The molecule has 0 aromatic heterocycles. The lowest BCUT2D eigenvalue weighted by atomic mass is 9.99. The van der Waals surface area contributed by atoms with Crippen LogP contribution in [0.3, 0.4) is 0 Å². The van der Waals surface area contributed by atoms with Gasteiger partial charge in [-0.05, 0) is 44.4 Å². The van der Waals surface area contributed by atoms with E-state index in [0.717, 1.165) is 31.6 Å². The van der Waals surface area contributed by atoms with Gasteiger partial charge < -0.3 is 39.5 Å². The molecule has 62 heavy (non-hydrogen) atoms. The second kappa shape index (κ2) is 38.9. The number of carbonyl (C=O) groups is 2. The lowest BCUT2D eigenvalue weighted by Gasteiger charge is -2.20. The van der Waals surface area contributed by atoms with Crippen molar-refractivity contribution in [2.24, 2.45) is 5.92 Å². The van der Waals surface area contributed by atoms with E-state index in [4.69, 9.17) is 23.8 Å². The fourth-order valence-corrected chi connectivity index (χ4v) is 6.69. The number of allylic oxidation sites excluding steroid dienone is 8. The molecule has 0 heterocycles. The second-order valence-corrected chi connectivity index (χ2v) is 17.9. The Bertz CT molecular complexity index is 1420. The molecule has 6 N–H and O–H groups in total. The van der Waals surface area contributed by atoms with E-state index >= 15 is 0 Å². The zero-order chi connectivity index (χ0) is 46.3. The summed E-state index contributed by atoms with van der Waals surface area (Å²) < 4.78 is 47.6. The van der Waals surface area contributed by atoms with Gasteiger partial charge in [0.05, 0.1) is 32.0 Å². The average Bonchev–Trinajstić information content (AvgIpc) is 3.22. The van der Waals surface area contributed by atoms with Crippen LogP contribution < -0.4 is 0 Å². The fourth-order valence-electron chi connectivity index (χ4n) is 5.53. The van der Waals surface area contributed by atoms with Crippen LogP contribution in [0.5, 0.6) is 0 Å². The number of esters is 2. The van der Waals surface area contributed by atoms with Gasteiger partial charge in [0, 0.05) is 12.8 Å². The molecule has 6 atom stereocenters. The third-order valence-corrected chi connectivity index (χ3v) is 10.8. The van der Waals surface area contributed by atoms with Gasteiger partial charge in [-0.15, -0.1) is 0 Å². The van der Waals surface area contributed by atoms with E-state index in [1.165, 1.54) is 51.4 Å². The molecule has 0 saturated carbocycles. The van der Waals surface area contributed by atoms with Gasteiger partial charge in [-0.25, -0.2) is 9.13 Å². The van der Waals surface area contributed by atoms with Gasteiger partial charge >= 0.3 is 27.6 Å². The lowest BCUT2D eigenvalue weighted by Crippen LogP contribution is -2.29. The largest absolute Gasteiger partial charge is 0.472 e. The van der Waals surface area contributed by atoms with Crippen LogP contribution in [0.25, 0.3) is 0 Å². The maximum Gasteiger partial charge on any atom is 0.472 e. The minimum absolute atomic E-state index is 0.0572. The van der Waals surface area contributed by atoms with Crippen LogP contribution in [0.15, 0.2) is 72.9 Å². The number of hydrogen-bond donors (Lipinski definition) is 6. The van der Waals surface area contributed by atoms with Crippen molar-refractivity contribution < 1.29 is 71.8 Å². The molecule has 0 aliphatic carbocycles. The molecule has 0 spiro atoms. The summed E-state index contributed by atoms with van der Waals surface area (Å²) in [5.74, 6) is -0.409. The van der Waals surface area contributed by atoms with Gasteiger partial charge in [0.25, 0.3) is 0 Å². The first kappa shape index (κ1) is 59.5. The van der Waals surface area contributed by atoms with Crippen LogP contribution in [-0.4, -0.2) is 92.8 Å². The smallest absolute Gasteiger partial charge is 0.462 e. The van der Waals surface area contributed by atoms with E-state index in [-0.39, 0.29) is 12.8 Å². The van der Waals surface area contributed by atoms with E-state index in [1.807, 2.05) is 37.3 Å². The Balaban J connectivity index is 4.78. The average molecular weight is 921 g/mol. The number of rotatable bonds is 40. The number of phosphoric acid groups is 2. The van der Waals surface area contributed by atoms with Gasteiger partial charge in [0.2, 0.25) is 0 Å². The van der Waals surface area contributed by atoms with Gasteiger partial charge in [0.1, 0.15) is 12.7 Å². The predicted octanol–water partition coefficient (Wildman–Crippen LogP) is 9.19. The van der Waals surface area contributed by atoms with Crippen LogP contribution in [-0.2, 0) is 41.8 Å². The zero-order valence-corrected chi connectivity index (χ0v) is 39.1. The summed E-state index contributed by atoms with van der Waals surface area (Å²) in [5, 5.41) is 29.8. The van der Waals surface area contributed by atoms with Crippen LogP contribution in [0, 0.1) is 5.92 Å². The molecular weight excluding hydrogens is 842 g/mol. The maximum atomic E-state index is 12.7. The molecule has 0 bridgehead atoms. The van der Waals surface area contributed by atoms with Crippen LogP contribution in [0.4, 0.5) is 0 Å². The Hall–Kier alpha value is -2.52. The Morgan fingerprint density at radius 2 is 1.19 bits per heavy atom. The van der Waals surface area contributed by atoms with Crippen LogP contribution in [0.1, 0.15) is 143 Å². The molecule has 15 nitrogen and oxygen atoms in total. The number of aliphatic hydroxyl groups excluding tert-OH is 3. The monoisotopic (exact) mass is 920 g/mol. The molecule has 0 aliphatic rings. The predicted molar refractivity (Wildman–Crippen MR) is 242 cm³/mol. The molecule has 358 valence electrons. The van der Waals surface area contributed by atoms with Crippen LogP contribution >= 0.6 is 15.6 Å². The molecule has 0 amide bonds. The van der Waals surface area contributed by atoms with E-state index < -0.39 is 78.4 Å². The third-order valence-electron chi connectivity index (χ3n) is 9.31. The number of aliphatic hydroxyl groups is 3. The van der Waals surface area contributed by atoms with E-state index in [9.17, 15) is 38.9 Å². The highest BCUT2D eigenvalue weighted by molar-refractivity contribution is 7.47. The summed E-state index contributed by atoms with van der Waals surface area (Å²) in [4.78, 5) is 52.7. The van der Waals surface area contributed by atoms with Gasteiger partial charge in [-0.3, -0.25) is 23.2 Å². The van der Waals surface area contributed by atoms with Crippen molar-refractivity contribution in [2.45, 2.75) is 167 Å². The quantitative estimate of drug-likeness (QED) is 0.0110. The van der Waals surface area contributed by atoms with E-state index in [2.05, 4.69) is 22.9 Å². The summed E-state index contributed by atoms with van der Waals surface area (Å²) in [6, 6.07) is 0. The highest BCUT2D eigenvalue weighted by atomic mass is 31.2. The first-order chi connectivity index (χ1) is 29.6. The third kappa shape index (κ3) is 41.5. The van der Waals surface area contributed by atoms with Crippen molar-refractivity contribution >= 4 is 27.6 Å². The van der Waals surface area contributed by atoms with Crippen molar-refractivity contribution in [3.8, 4) is 0 Å². The summed E-state index contributed by atoms with van der Waals surface area (Å²) in [5.41, 5.74) is 0. The summed E-state index contributed by atoms with van der Waals surface area (Å²) in [7, 11) is -9.76. The van der Waals surface area contributed by atoms with Crippen molar-refractivity contribution in [1.82, 2.24) is 0 Å². The second-order valence-electron chi connectivity index (χ2n) is 15.2. The summed E-state index contributed by atoms with van der Waals surface area (Å²) in [6.07, 6.45) is 34.0. The fraction of sp³-hybridized carbons (Fsp3) is 0.689. The number of unbranched alkanes of at least 4 members (excludes halogenated alkanes) is 10. The molecule has 0 fully saturated rings. The molecule has 0 radical (unpaired) electrons. The van der Waals surface area contributed by atoms with Crippen molar-refractivity contribution in [3.05, 3.63) is 72.9 Å². The number of phosphoric ester groups is 2. The van der Waals surface area contributed by atoms with Crippen molar-refractivity contribution in [3.63, 3.8) is 0 Å². The maximum absolute atomic E-state index is 12.7. The molecular formula is C45H78O15P2. The van der Waals surface area contributed by atoms with Crippen molar-refractivity contribution in [1.29, 1.82) is 0 Å². The Kier molecular flexibility index (Phi) is 37.3. The molecule has 0 aromatic rings. The topological polar surface area (TPSA) is 236 Å². The summed E-state index contributed by atoms with van der Waals surface area (Å²) >= 11 is 0. The lowest BCUT2D eigenvalue weighted by molar-refractivity contribution is -0.161. The number of ether oxygens (including phenoxy) is 2. The number of carbonyl (C=O) groups excluding carboxylic acids is 2. The molecule has 17 heteroatoms. The normalized spacial score (nSPS) is 16.2. The van der Waals surface area contributed by atoms with E-state index in [1.54, 1.807) is 42.5 Å². The first-order valence-electron chi connectivity index (χ1n) is 22.3. The molecule has 0 aliphatic heterocycles. The van der Waals surface area contributed by atoms with Gasteiger partial charge in [-0.2, -0.15) is 0 Å². The standard InChI is InChI=1S/C45H78O15P2/c1-4-6-21-29-40(46)30-23-17-13-11-14-18-24-31-41(47)32-25-20-27-34-45(50)60-43(38-59-62(54,55)58-36-42(48)35-57-61(51,52)53)37-56-44(49)33-26-19-15-10-8-7-9-12-16-22-28-39(3)5-2/h6,13-14,17-18,21,23-25,30-32,39-43,46-48H,4-5,7-12,15-16,19-20,22,26-29,33-38H2,1-3H3,(H,54,55)(H2,51,52,53)/b17-13-,18-14-,21-6-,30-23+,31-24+,32-25-/t39?,40-,41-,42-,43+/m0/s1. The van der Waals surface area contributed by atoms with Crippen molar-refractivity contribution in [2.75, 3.05) is 26.4 Å². The molecule has 0 saturated heterocycles. The number of hydrogen-bond acceptors (Lipinski definition) is 12. The van der Waals surface area contributed by atoms with E-state index in [0.29, 0.717) is 32.1 Å².